The summed E-state index contributed by atoms with van der Waals surface area (Å²) >= 11 is 0. The zero-order chi connectivity index (χ0) is 14.0. The van der Waals surface area contributed by atoms with Crippen molar-refractivity contribution >= 4 is 10.9 Å². The highest BCUT2D eigenvalue weighted by Gasteiger charge is 2.19. The van der Waals surface area contributed by atoms with Crippen LogP contribution in [-0.4, -0.2) is 11.0 Å². The molecule has 19 heavy (non-hydrogen) atoms. The molecule has 2 nitrogen and oxygen atoms in total. The second-order valence-corrected chi connectivity index (χ2v) is 6.49. The maximum atomic E-state index is 6.22. The molecule has 0 saturated heterocycles. The van der Waals surface area contributed by atoms with Gasteiger partial charge in [-0.25, -0.2) is 0 Å². The predicted molar refractivity (Wildman–Crippen MR) is 82.2 cm³/mol. The topological polar surface area (TPSA) is 38.9 Å². The smallest absolute Gasteiger partial charge is 0.0705 e. The Morgan fingerprint density at radius 2 is 1.89 bits per heavy atom. The van der Waals surface area contributed by atoms with Crippen LogP contribution >= 0.6 is 0 Å². The van der Waals surface area contributed by atoms with Crippen LogP contribution in [0, 0.1) is 12.3 Å². The lowest BCUT2D eigenvalue weighted by atomic mass is 9.84. The summed E-state index contributed by atoms with van der Waals surface area (Å²) in [6.45, 7) is 8.62. The van der Waals surface area contributed by atoms with Crippen molar-refractivity contribution in [3.8, 4) is 0 Å². The van der Waals surface area contributed by atoms with E-state index in [0.29, 0.717) is 0 Å². The zero-order valence-corrected chi connectivity index (χ0v) is 12.4. The third kappa shape index (κ3) is 3.54. The zero-order valence-electron chi connectivity index (χ0n) is 12.4. The molecule has 0 saturated carbocycles. The Labute approximate surface area is 116 Å². The minimum Gasteiger partial charge on any atom is -0.327 e. The van der Waals surface area contributed by atoms with Crippen LogP contribution in [0.1, 0.15) is 38.4 Å². The van der Waals surface area contributed by atoms with Crippen molar-refractivity contribution in [3.05, 3.63) is 41.6 Å². The number of hydrogen-bond acceptors (Lipinski definition) is 2. The van der Waals surface area contributed by atoms with E-state index in [1.54, 1.807) is 0 Å². The molecule has 0 amide bonds. The van der Waals surface area contributed by atoms with Gasteiger partial charge in [-0.15, -0.1) is 0 Å². The lowest BCUT2D eigenvalue weighted by molar-refractivity contribution is 0.306. The quantitative estimate of drug-likeness (QED) is 0.906. The number of benzene rings is 1. The first-order chi connectivity index (χ1) is 8.86. The van der Waals surface area contributed by atoms with E-state index in [-0.39, 0.29) is 11.5 Å². The fraction of sp³-hybridized carbons (Fsp3) is 0.471. The molecule has 0 aliphatic rings. The van der Waals surface area contributed by atoms with Crippen LogP contribution in [0.15, 0.2) is 30.3 Å². The van der Waals surface area contributed by atoms with E-state index in [9.17, 15) is 0 Å². The molecule has 0 bridgehead atoms. The molecule has 2 N–H and O–H groups in total. The van der Waals surface area contributed by atoms with Gasteiger partial charge in [-0.1, -0.05) is 32.9 Å². The monoisotopic (exact) mass is 256 g/mol. The molecule has 1 aromatic heterocycles. The standard InChI is InChI=1S/C17H24N2/c1-12-5-8-14-11-13(6-9-15(14)19-12)7-10-16(18)17(2,3)4/h5-6,8-9,11,16H,7,10,18H2,1-4H3. The third-order valence-corrected chi connectivity index (χ3v) is 3.75. The molecule has 102 valence electrons. The van der Waals surface area contributed by atoms with E-state index < -0.39 is 0 Å². The van der Waals surface area contributed by atoms with Gasteiger partial charge < -0.3 is 5.73 Å². The highest BCUT2D eigenvalue weighted by atomic mass is 14.7. The number of fused-ring (bicyclic) bond motifs is 1. The van der Waals surface area contributed by atoms with E-state index in [2.05, 4.69) is 56.1 Å². The minimum absolute atomic E-state index is 0.176. The lowest BCUT2D eigenvalue weighted by Gasteiger charge is -2.27. The molecule has 0 radical (unpaired) electrons. The number of hydrogen-bond donors (Lipinski definition) is 1. The molecular formula is C17H24N2. The van der Waals surface area contributed by atoms with Crippen LogP contribution in [0.3, 0.4) is 0 Å². The first-order valence-electron chi connectivity index (χ1n) is 6.98. The van der Waals surface area contributed by atoms with E-state index in [1.807, 2.05) is 6.92 Å². The summed E-state index contributed by atoms with van der Waals surface area (Å²) in [6, 6.07) is 11.0. The molecule has 1 unspecified atom stereocenters. The Morgan fingerprint density at radius 3 is 2.58 bits per heavy atom. The summed E-state index contributed by atoms with van der Waals surface area (Å²) in [5, 5.41) is 1.22. The molecule has 0 fully saturated rings. The van der Waals surface area contributed by atoms with Gasteiger partial charge in [-0.3, -0.25) is 4.98 Å². The van der Waals surface area contributed by atoms with Gasteiger partial charge in [-0.05, 0) is 48.9 Å². The summed E-state index contributed by atoms with van der Waals surface area (Å²) in [7, 11) is 0. The van der Waals surface area contributed by atoms with Crippen LogP contribution in [-0.2, 0) is 6.42 Å². The van der Waals surface area contributed by atoms with Crippen molar-refractivity contribution in [1.29, 1.82) is 0 Å². The third-order valence-electron chi connectivity index (χ3n) is 3.75. The maximum absolute atomic E-state index is 6.22. The van der Waals surface area contributed by atoms with E-state index >= 15 is 0 Å². The van der Waals surface area contributed by atoms with Gasteiger partial charge in [0.25, 0.3) is 0 Å². The van der Waals surface area contributed by atoms with Gasteiger partial charge in [-0.2, -0.15) is 0 Å². The van der Waals surface area contributed by atoms with Crippen LogP contribution in [0.2, 0.25) is 0 Å². The van der Waals surface area contributed by atoms with Crippen molar-refractivity contribution in [2.75, 3.05) is 0 Å². The molecule has 1 atom stereocenters. The predicted octanol–water partition coefficient (Wildman–Crippen LogP) is 3.85. The Hall–Kier alpha value is -1.41. The number of rotatable bonds is 3. The summed E-state index contributed by atoms with van der Waals surface area (Å²) < 4.78 is 0. The number of pyridine rings is 1. The van der Waals surface area contributed by atoms with Gasteiger partial charge in [0.2, 0.25) is 0 Å². The number of aryl methyl sites for hydroxylation is 2. The average Bonchev–Trinajstić information content (AvgIpc) is 2.34. The highest BCUT2D eigenvalue weighted by Crippen LogP contribution is 2.22. The van der Waals surface area contributed by atoms with Gasteiger partial charge >= 0.3 is 0 Å². The van der Waals surface area contributed by atoms with Gasteiger partial charge in [0, 0.05) is 17.1 Å². The molecule has 0 aliphatic heterocycles. The van der Waals surface area contributed by atoms with Crippen LogP contribution in [0.25, 0.3) is 10.9 Å². The van der Waals surface area contributed by atoms with Crippen molar-refractivity contribution in [3.63, 3.8) is 0 Å². The second kappa shape index (κ2) is 5.30. The molecule has 2 aromatic rings. The van der Waals surface area contributed by atoms with Gasteiger partial charge in [0.1, 0.15) is 0 Å². The fourth-order valence-electron chi connectivity index (χ4n) is 2.19. The van der Waals surface area contributed by atoms with Crippen molar-refractivity contribution in [2.45, 2.75) is 46.6 Å². The summed E-state index contributed by atoms with van der Waals surface area (Å²) in [5.74, 6) is 0. The van der Waals surface area contributed by atoms with Crippen LogP contribution in [0.4, 0.5) is 0 Å². The Kier molecular flexibility index (Phi) is 3.91. The first kappa shape index (κ1) is 14.0. The molecule has 2 heteroatoms. The fourth-order valence-corrected chi connectivity index (χ4v) is 2.19. The van der Waals surface area contributed by atoms with Crippen LogP contribution < -0.4 is 5.73 Å². The average molecular weight is 256 g/mol. The van der Waals surface area contributed by atoms with E-state index in [0.717, 1.165) is 24.1 Å². The first-order valence-corrected chi connectivity index (χ1v) is 6.98. The Balaban J connectivity index is 2.12. The number of nitrogens with zero attached hydrogens (tertiary/aromatic N) is 1. The largest absolute Gasteiger partial charge is 0.327 e. The summed E-state index contributed by atoms with van der Waals surface area (Å²) in [6.07, 6.45) is 2.05. The molecule has 1 aromatic carbocycles. The molecule has 0 spiro atoms. The van der Waals surface area contributed by atoms with Crippen LogP contribution in [0.5, 0.6) is 0 Å². The Morgan fingerprint density at radius 1 is 1.16 bits per heavy atom. The molecule has 0 aliphatic carbocycles. The highest BCUT2D eigenvalue weighted by molar-refractivity contribution is 5.79. The number of aromatic nitrogens is 1. The van der Waals surface area contributed by atoms with E-state index in [4.69, 9.17) is 5.73 Å². The maximum Gasteiger partial charge on any atom is 0.0705 e. The summed E-state index contributed by atoms with van der Waals surface area (Å²) in [4.78, 5) is 4.53. The van der Waals surface area contributed by atoms with Crippen molar-refractivity contribution in [1.82, 2.24) is 4.98 Å². The van der Waals surface area contributed by atoms with Gasteiger partial charge in [0.05, 0.1) is 5.52 Å². The van der Waals surface area contributed by atoms with E-state index in [1.165, 1.54) is 10.9 Å². The molecule has 1 heterocycles. The van der Waals surface area contributed by atoms with Crippen molar-refractivity contribution in [2.24, 2.45) is 11.1 Å². The minimum atomic E-state index is 0.176. The second-order valence-electron chi connectivity index (χ2n) is 6.49. The Bertz CT molecular complexity index is 567. The normalized spacial score (nSPS) is 13.7. The number of nitrogens with two attached hydrogens (primary N) is 1. The summed E-state index contributed by atoms with van der Waals surface area (Å²) in [5.41, 5.74) is 9.88. The molecular weight excluding hydrogens is 232 g/mol. The van der Waals surface area contributed by atoms with Crippen molar-refractivity contribution < 1.29 is 0 Å². The lowest BCUT2D eigenvalue weighted by Crippen LogP contribution is -2.35. The SMILES string of the molecule is Cc1ccc2cc(CCC(N)C(C)(C)C)ccc2n1. The molecule has 2 rings (SSSR count). The van der Waals surface area contributed by atoms with Gasteiger partial charge in [0.15, 0.2) is 0 Å².